The van der Waals surface area contributed by atoms with Crippen molar-refractivity contribution in [2.75, 3.05) is 14.2 Å². The maximum Gasteiger partial charge on any atom is 0.224 e. The zero-order valence-corrected chi connectivity index (χ0v) is 15.7. The molecular weight excluding hydrogens is 314 g/mol. The minimum atomic E-state index is -0.0212. The molecule has 0 saturated heterocycles. The van der Waals surface area contributed by atoms with Gasteiger partial charge in [0.05, 0.1) is 20.6 Å². The molecule has 1 amide bonds. The van der Waals surface area contributed by atoms with Crippen LogP contribution in [0.5, 0.6) is 11.5 Å². The maximum atomic E-state index is 12.2. The second-order valence-electron chi connectivity index (χ2n) is 7.09. The van der Waals surface area contributed by atoms with Crippen LogP contribution in [-0.4, -0.2) is 20.1 Å². The van der Waals surface area contributed by atoms with E-state index < -0.39 is 0 Å². The van der Waals surface area contributed by atoms with Gasteiger partial charge in [-0.3, -0.25) is 4.79 Å². The summed E-state index contributed by atoms with van der Waals surface area (Å²) in [7, 11) is 3.18. The van der Waals surface area contributed by atoms with E-state index in [0.717, 1.165) is 11.1 Å². The Morgan fingerprint density at radius 3 is 2.08 bits per heavy atom. The molecule has 0 aromatic heterocycles. The number of rotatable bonds is 6. The Hall–Kier alpha value is -2.49. The van der Waals surface area contributed by atoms with E-state index in [-0.39, 0.29) is 11.3 Å². The van der Waals surface area contributed by atoms with E-state index in [2.05, 4.69) is 50.4 Å². The number of benzene rings is 2. The van der Waals surface area contributed by atoms with Crippen molar-refractivity contribution in [3.8, 4) is 11.5 Å². The van der Waals surface area contributed by atoms with Gasteiger partial charge in [0.2, 0.25) is 5.91 Å². The smallest absolute Gasteiger partial charge is 0.224 e. The molecule has 2 aromatic rings. The molecule has 0 spiro atoms. The number of amides is 1. The lowest BCUT2D eigenvalue weighted by Gasteiger charge is -2.19. The Bertz CT molecular complexity index is 715. The zero-order valence-electron chi connectivity index (χ0n) is 15.7. The van der Waals surface area contributed by atoms with Crippen LogP contribution in [0.1, 0.15) is 37.5 Å². The van der Waals surface area contributed by atoms with Crippen molar-refractivity contribution in [2.45, 2.75) is 39.2 Å². The Morgan fingerprint density at radius 1 is 0.920 bits per heavy atom. The van der Waals surface area contributed by atoms with Crippen molar-refractivity contribution < 1.29 is 14.3 Å². The van der Waals surface area contributed by atoms with Crippen LogP contribution < -0.4 is 14.8 Å². The molecule has 4 nitrogen and oxygen atoms in total. The van der Waals surface area contributed by atoms with Crippen LogP contribution >= 0.6 is 0 Å². The summed E-state index contributed by atoms with van der Waals surface area (Å²) in [6.45, 7) is 7.09. The molecule has 25 heavy (non-hydrogen) atoms. The van der Waals surface area contributed by atoms with Gasteiger partial charge in [-0.2, -0.15) is 0 Å². The quantitative estimate of drug-likeness (QED) is 0.868. The third kappa shape index (κ3) is 5.24. The summed E-state index contributed by atoms with van der Waals surface area (Å²) >= 11 is 0. The Balaban J connectivity index is 1.92. The third-order valence-corrected chi connectivity index (χ3v) is 4.12. The summed E-state index contributed by atoms with van der Waals surface area (Å²) in [5.74, 6) is 1.27. The third-order valence-electron chi connectivity index (χ3n) is 4.12. The van der Waals surface area contributed by atoms with Crippen molar-refractivity contribution in [3.05, 3.63) is 59.2 Å². The van der Waals surface area contributed by atoms with Gasteiger partial charge in [0.25, 0.3) is 0 Å². The molecule has 0 aliphatic rings. The van der Waals surface area contributed by atoms with Crippen LogP contribution in [0.25, 0.3) is 0 Å². The van der Waals surface area contributed by atoms with E-state index in [1.807, 2.05) is 18.2 Å². The normalized spacial score (nSPS) is 11.1. The highest BCUT2D eigenvalue weighted by Crippen LogP contribution is 2.27. The Morgan fingerprint density at radius 2 is 1.52 bits per heavy atom. The summed E-state index contributed by atoms with van der Waals surface area (Å²) in [5.41, 5.74) is 3.40. The van der Waals surface area contributed by atoms with Crippen LogP contribution in [0.15, 0.2) is 42.5 Å². The molecule has 0 saturated carbocycles. The first-order valence-electron chi connectivity index (χ1n) is 8.40. The molecule has 0 radical (unpaired) electrons. The lowest BCUT2D eigenvalue weighted by atomic mass is 9.87. The molecule has 0 heterocycles. The maximum absolute atomic E-state index is 12.2. The monoisotopic (exact) mass is 341 g/mol. The molecule has 0 unspecified atom stereocenters. The number of carbonyl (C=O) groups is 1. The van der Waals surface area contributed by atoms with Gasteiger partial charge in [-0.05, 0) is 34.2 Å². The first kappa shape index (κ1) is 18.8. The topological polar surface area (TPSA) is 47.6 Å². The van der Waals surface area contributed by atoms with Gasteiger partial charge in [-0.25, -0.2) is 0 Å². The van der Waals surface area contributed by atoms with Crippen LogP contribution in [0, 0.1) is 0 Å². The lowest BCUT2D eigenvalue weighted by molar-refractivity contribution is -0.120. The number of hydrogen-bond donors (Lipinski definition) is 1. The minimum Gasteiger partial charge on any atom is -0.493 e. The summed E-state index contributed by atoms with van der Waals surface area (Å²) < 4.78 is 10.5. The van der Waals surface area contributed by atoms with Crippen LogP contribution in [0.3, 0.4) is 0 Å². The molecule has 1 N–H and O–H groups in total. The fourth-order valence-corrected chi connectivity index (χ4v) is 2.56. The lowest BCUT2D eigenvalue weighted by Crippen LogP contribution is -2.24. The van der Waals surface area contributed by atoms with E-state index in [1.54, 1.807) is 14.2 Å². The van der Waals surface area contributed by atoms with E-state index in [0.29, 0.717) is 24.5 Å². The number of methoxy groups -OCH3 is 2. The van der Waals surface area contributed by atoms with E-state index in [9.17, 15) is 4.79 Å². The molecule has 2 rings (SSSR count). The van der Waals surface area contributed by atoms with Gasteiger partial charge in [0.1, 0.15) is 0 Å². The van der Waals surface area contributed by atoms with E-state index in [1.165, 1.54) is 5.56 Å². The van der Waals surface area contributed by atoms with Gasteiger partial charge in [0, 0.05) is 6.54 Å². The van der Waals surface area contributed by atoms with E-state index in [4.69, 9.17) is 9.47 Å². The summed E-state index contributed by atoms with van der Waals surface area (Å²) in [6, 6.07) is 13.9. The fraction of sp³-hybridized carbons (Fsp3) is 0.381. The summed E-state index contributed by atoms with van der Waals surface area (Å²) in [5, 5.41) is 2.96. The molecule has 0 aliphatic carbocycles. The predicted octanol–water partition coefficient (Wildman–Crippen LogP) is 3.86. The first-order valence-corrected chi connectivity index (χ1v) is 8.40. The highest BCUT2D eigenvalue weighted by atomic mass is 16.5. The predicted molar refractivity (Wildman–Crippen MR) is 100 cm³/mol. The standard InChI is InChI=1S/C21H27NO3/c1-21(2,3)17-9-6-15(7-10-17)14-22-20(23)13-16-8-11-18(24-4)19(12-16)25-5/h6-12H,13-14H2,1-5H3,(H,22,23). The highest BCUT2D eigenvalue weighted by molar-refractivity contribution is 5.78. The van der Waals surface area contributed by atoms with Crippen molar-refractivity contribution >= 4 is 5.91 Å². The van der Waals surface area contributed by atoms with Crippen LogP contribution in [-0.2, 0) is 23.2 Å². The Labute approximate surface area is 150 Å². The summed E-state index contributed by atoms with van der Waals surface area (Å²) in [4.78, 5) is 12.2. The van der Waals surface area contributed by atoms with Crippen molar-refractivity contribution in [1.29, 1.82) is 0 Å². The molecular formula is C21H27NO3. The van der Waals surface area contributed by atoms with Gasteiger partial charge in [-0.1, -0.05) is 51.1 Å². The average Bonchev–Trinajstić information content (AvgIpc) is 2.59. The number of ether oxygens (including phenoxy) is 2. The average molecular weight is 341 g/mol. The van der Waals surface area contributed by atoms with Crippen molar-refractivity contribution in [1.82, 2.24) is 5.32 Å². The van der Waals surface area contributed by atoms with Gasteiger partial charge >= 0.3 is 0 Å². The van der Waals surface area contributed by atoms with Gasteiger partial charge < -0.3 is 14.8 Å². The Kier molecular flexibility index (Phi) is 6.07. The molecule has 0 bridgehead atoms. The van der Waals surface area contributed by atoms with Crippen molar-refractivity contribution in [2.24, 2.45) is 0 Å². The first-order chi connectivity index (χ1) is 11.8. The van der Waals surface area contributed by atoms with Gasteiger partial charge in [-0.15, -0.1) is 0 Å². The summed E-state index contributed by atoms with van der Waals surface area (Å²) in [6.07, 6.45) is 0.306. The number of carbonyl (C=O) groups excluding carboxylic acids is 1. The zero-order chi connectivity index (χ0) is 18.4. The molecule has 0 atom stereocenters. The molecule has 0 aliphatic heterocycles. The second-order valence-corrected chi connectivity index (χ2v) is 7.09. The number of nitrogens with one attached hydrogen (secondary N) is 1. The molecule has 2 aromatic carbocycles. The molecule has 134 valence electrons. The van der Waals surface area contributed by atoms with E-state index >= 15 is 0 Å². The van der Waals surface area contributed by atoms with Crippen molar-refractivity contribution in [3.63, 3.8) is 0 Å². The highest BCUT2D eigenvalue weighted by Gasteiger charge is 2.13. The van der Waals surface area contributed by atoms with Crippen LogP contribution in [0.4, 0.5) is 0 Å². The molecule has 0 fully saturated rings. The largest absolute Gasteiger partial charge is 0.493 e. The SMILES string of the molecule is COc1ccc(CC(=O)NCc2ccc(C(C)(C)C)cc2)cc1OC. The van der Waals surface area contributed by atoms with Gasteiger partial charge in [0.15, 0.2) is 11.5 Å². The van der Waals surface area contributed by atoms with Crippen LogP contribution in [0.2, 0.25) is 0 Å². The molecule has 4 heteroatoms. The fourth-order valence-electron chi connectivity index (χ4n) is 2.56. The minimum absolute atomic E-state index is 0.0212. The number of hydrogen-bond acceptors (Lipinski definition) is 3. The second kappa shape index (κ2) is 8.06.